The van der Waals surface area contributed by atoms with Gasteiger partial charge in [0.25, 0.3) is 0 Å². The largest absolute Gasteiger partial charge is 0.481 e. The molecule has 18 heavy (non-hydrogen) atoms. The van der Waals surface area contributed by atoms with Crippen LogP contribution in [0.3, 0.4) is 0 Å². The summed E-state index contributed by atoms with van der Waals surface area (Å²) >= 11 is 0. The molecule has 0 aromatic heterocycles. The number of aliphatic carboxylic acids is 1. The number of carboxylic acids is 1. The maximum atomic E-state index is 12.0. The van der Waals surface area contributed by atoms with Crippen molar-refractivity contribution in [2.24, 2.45) is 0 Å². The van der Waals surface area contributed by atoms with Gasteiger partial charge in [0.15, 0.2) is 5.78 Å². The Hall–Kier alpha value is -1.64. The second kappa shape index (κ2) is 5.34. The summed E-state index contributed by atoms with van der Waals surface area (Å²) in [5.41, 5.74) is 2.61. The highest BCUT2D eigenvalue weighted by molar-refractivity contribution is 5.98. The van der Waals surface area contributed by atoms with E-state index < -0.39 is 5.97 Å². The number of ketones is 1. The molecule has 0 saturated carbocycles. The van der Waals surface area contributed by atoms with Crippen molar-refractivity contribution in [3.63, 3.8) is 0 Å². The number of carbonyl (C=O) groups is 2. The first-order valence-corrected chi connectivity index (χ1v) is 6.08. The Morgan fingerprint density at radius 3 is 2.28 bits per heavy atom. The van der Waals surface area contributed by atoms with Gasteiger partial charge < -0.3 is 5.11 Å². The van der Waals surface area contributed by atoms with E-state index in [0.29, 0.717) is 5.56 Å². The summed E-state index contributed by atoms with van der Waals surface area (Å²) < 4.78 is 0. The molecule has 3 heteroatoms. The summed E-state index contributed by atoms with van der Waals surface area (Å²) in [6.45, 7) is 8.13. The predicted molar refractivity (Wildman–Crippen MR) is 71.1 cm³/mol. The van der Waals surface area contributed by atoms with Crippen molar-refractivity contribution in [1.82, 2.24) is 0 Å². The standard InChI is InChI=1S/C15H20O3/c1-10-5-6-11(15(2,3)4)9-12(10)13(16)7-8-14(17)18/h5-6,9H,7-8H2,1-4H3,(H,17,18). The Kier molecular flexibility index (Phi) is 4.28. The molecule has 0 amide bonds. The lowest BCUT2D eigenvalue weighted by molar-refractivity contribution is -0.136. The van der Waals surface area contributed by atoms with E-state index in [1.165, 1.54) is 0 Å². The van der Waals surface area contributed by atoms with Crippen molar-refractivity contribution < 1.29 is 14.7 Å². The van der Waals surface area contributed by atoms with E-state index in [9.17, 15) is 9.59 Å². The van der Waals surface area contributed by atoms with Crippen LogP contribution in [0, 0.1) is 6.92 Å². The first kappa shape index (κ1) is 14.4. The number of carboxylic acid groups (broad SMARTS) is 1. The smallest absolute Gasteiger partial charge is 0.303 e. The van der Waals surface area contributed by atoms with Crippen LogP contribution >= 0.6 is 0 Å². The lowest BCUT2D eigenvalue weighted by atomic mass is 9.84. The van der Waals surface area contributed by atoms with Crippen LogP contribution in [0.5, 0.6) is 0 Å². The first-order valence-electron chi connectivity index (χ1n) is 6.08. The van der Waals surface area contributed by atoms with Crippen LogP contribution in [-0.2, 0) is 10.2 Å². The number of aryl methyl sites for hydroxylation is 1. The SMILES string of the molecule is Cc1ccc(C(C)(C)C)cc1C(=O)CCC(=O)O. The third kappa shape index (κ3) is 3.69. The summed E-state index contributed by atoms with van der Waals surface area (Å²) in [5.74, 6) is -1.03. The minimum Gasteiger partial charge on any atom is -0.481 e. The van der Waals surface area contributed by atoms with Gasteiger partial charge in [-0.3, -0.25) is 9.59 Å². The van der Waals surface area contributed by atoms with E-state index in [-0.39, 0.29) is 24.0 Å². The van der Waals surface area contributed by atoms with Crippen molar-refractivity contribution in [1.29, 1.82) is 0 Å². The quantitative estimate of drug-likeness (QED) is 0.831. The van der Waals surface area contributed by atoms with Crippen LogP contribution in [0.1, 0.15) is 55.1 Å². The summed E-state index contributed by atoms with van der Waals surface area (Å²) in [5, 5.41) is 8.61. The summed E-state index contributed by atoms with van der Waals surface area (Å²) in [4.78, 5) is 22.5. The van der Waals surface area contributed by atoms with E-state index in [4.69, 9.17) is 5.11 Å². The Balaban J connectivity index is 3.01. The van der Waals surface area contributed by atoms with Crippen LogP contribution in [0.15, 0.2) is 18.2 Å². The molecule has 0 radical (unpaired) electrons. The zero-order valence-corrected chi connectivity index (χ0v) is 11.4. The second-order valence-electron chi connectivity index (χ2n) is 5.60. The van der Waals surface area contributed by atoms with E-state index in [1.54, 1.807) is 0 Å². The molecule has 0 aliphatic rings. The van der Waals surface area contributed by atoms with Crippen LogP contribution in [0.2, 0.25) is 0 Å². The fourth-order valence-electron chi connectivity index (χ4n) is 1.74. The van der Waals surface area contributed by atoms with Gasteiger partial charge in [-0.2, -0.15) is 0 Å². The lowest BCUT2D eigenvalue weighted by Crippen LogP contribution is -2.13. The molecule has 0 spiro atoms. The average molecular weight is 248 g/mol. The number of benzene rings is 1. The Morgan fingerprint density at radius 2 is 1.78 bits per heavy atom. The number of hydrogen-bond acceptors (Lipinski definition) is 2. The van der Waals surface area contributed by atoms with Crippen molar-refractivity contribution in [3.8, 4) is 0 Å². The fraction of sp³-hybridized carbons (Fsp3) is 0.467. The molecule has 0 fully saturated rings. The molecule has 0 aliphatic carbocycles. The molecule has 0 unspecified atom stereocenters. The molecule has 3 nitrogen and oxygen atoms in total. The average Bonchev–Trinajstić information content (AvgIpc) is 2.24. The third-order valence-corrected chi connectivity index (χ3v) is 2.97. The maximum Gasteiger partial charge on any atom is 0.303 e. The zero-order valence-electron chi connectivity index (χ0n) is 11.4. The number of hydrogen-bond donors (Lipinski definition) is 1. The third-order valence-electron chi connectivity index (χ3n) is 2.97. The van der Waals surface area contributed by atoms with Crippen LogP contribution in [-0.4, -0.2) is 16.9 Å². The molecule has 1 rings (SSSR count). The molecule has 0 saturated heterocycles. The van der Waals surface area contributed by atoms with Gasteiger partial charge in [0.2, 0.25) is 0 Å². The molecule has 98 valence electrons. The molecule has 1 aromatic rings. The van der Waals surface area contributed by atoms with Gasteiger partial charge in [-0.15, -0.1) is 0 Å². The second-order valence-corrected chi connectivity index (χ2v) is 5.60. The molecule has 1 N–H and O–H groups in total. The molecular weight excluding hydrogens is 228 g/mol. The van der Waals surface area contributed by atoms with Crippen molar-refractivity contribution in [2.75, 3.05) is 0 Å². The zero-order chi connectivity index (χ0) is 13.9. The fourth-order valence-corrected chi connectivity index (χ4v) is 1.74. The van der Waals surface area contributed by atoms with E-state index >= 15 is 0 Å². The maximum absolute atomic E-state index is 12.0. The van der Waals surface area contributed by atoms with E-state index in [2.05, 4.69) is 20.8 Å². The van der Waals surface area contributed by atoms with E-state index in [1.807, 2.05) is 25.1 Å². The molecule has 0 bridgehead atoms. The summed E-state index contributed by atoms with van der Waals surface area (Å²) in [6.07, 6.45) is -0.0538. The predicted octanol–water partition coefficient (Wildman–Crippen LogP) is 3.34. The van der Waals surface area contributed by atoms with E-state index in [0.717, 1.165) is 11.1 Å². The van der Waals surface area contributed by atoms with Gasteiger partial charge in [0.1, 0.15) is 0 Å². The number of carbonyl (C=O) groups excluding carboxylic acids is 1. The molecule has 0 heterocycles. The Morgan fingerprint density at radius 1 is 1.17 bits per heavy atom. The van der Waals surface area contributed by atoms with Gasteiger partial charge in [0.05, 0.1) is 6.42 Å². The van der Waals surface area contributed by atoms with Crippen LogP contribution in [0.25, 0.3) is 0 Å². The van der Waals surface area contributed by atoms with Gasteiger partial charge in [-0.25, -0.2) is 0 Å². The lowest BCUT2D eigenvalue weighted by Gasteiger charge is -2.20. The van der Waals surface area contributed by atoms with Gasteiger partial charge in [-0.05, 0) is 29.5 Å². The van der Waals surface area contributed by atoms with Crippen molar-refractivity contribution >= 4 is 11.8 Å². The van der Waals surface area contributed by atoms with Crippen molar-refractivity contribution in [2.45, 2.75) is 46.0 Å². The molecule has 0 aliphatic heterocycles. The van der Waals surface area contributed by atoms with Crippen molar-refractivity contribution in [3.05, 3.63) is 34.9 Å². The van der Waals surface area contributed by atoms with Gasteiger partial charge in [0, 0.05) is 12.0 Å². The number of Topliss-reactive ketones (excluding diaryl/α,β-unsaturated/α-hetero) is 1. The monoisotopic (exact) mass is 248 g/mol. The van der Waals surface area contributed by atoms with Gasteiger partial charge >= 0.3 is 5.97 Å². The summed E-state index contributed by atoms with van der Waals surface area (Å²) in [6, 6.07) is 5.83. The Bertz CT molecular complexity index is 467. The minimum absolute atomic E-state index is 0.0183. The first-order chi connectivity index (χ1) is 8.21. The van der Waals surface area contributed by atoms with Crippen LogP contribution < -0.4 is 0 Å². The highest BCUT2D eigenvalue weighted by Gasteiger charge is 2.17. The highest BCUT2D eigenvalue weighted by atomic mass is 16.4. The highest BCUT2D eigenvalue weighted by Crippen LogP contribution is 2.25. The topological polar surface area (TPSA) is 54.4 Å². The minimum atomic E-state index is -0.937. The van der Waals surface area contributed by atoms with Gasteiger partial charge in [-0.1, -0.05) is 32.9 Å². The molecule has 0 atom stereocenters. The summed E-state index contributed by atoms with van der Waals surface area (Å²) in [7, 11) is 0. The Labute approximate surface area is 108 Å². The normalized spacial score (nSPS) is 11.3. The molecule has 1 aromatic carbocycles. The number of rotatable bonds is 4. The molecular formula is C15H20O3. The van der Waals surface area contributed by atoms with Crippen LogP contribution in [0.4, 0.5) is 0 Å².